The molecule has 0 spiro atoms. The molecule has 1 N–H and O–H groups in total. The molecule has 3 heteroatoms. The van der Waals surface area contributed by atoms with Gasteiger partial charge < -0.3 is 5.11 Å². The molecular formula is C22H20O2S. The van der Waals surface area contributed by atoms with Crippen LogP contribution in [0.4, 0.5) is 0 Å². The molecule has 0 aliphatic rings. The van der Waals surface area contributed by atoms with Gasteiger partial charge in [-0.3, -0.25) is 4.79 Å². The van der Waals surface area contributed by atoms with Crippen molar-refractivity contribution in [3.05, 3.63) is 102 Å². The summed E-state index contributed by atoms with van der Waals surface area (Å²) in [5.74, 6) is -0.0539. The van der Waals surface area contributed by atoms with E-state index in [4.69, 9.17) is 0 Å². The zero-order valence-electron chi connectivity index (χ0n) is 13.8. The smallest absolute Gasteiger partial charge is 0.304 e. The number of hydrogen-bond donors (Lipinski definition) is 1. The van der Waals surface area contributed by atoms with E-state index in [1.807, 2.05) is 66.7 Å². The zero-order valence-corrected chi connectivity index (χ0v) is 14.7. The topological polar surface area (TPSA) is 37.3 Å². The number of aliphatic carboxylic acids is 1. The van der Waals surface area contributed by atoms with Crippen LogP contribution in [0.2, 0.25) is 0 Å². The summed E-state index contributed by atoms with van der Waals surface area (Å²) in [7, 11) is 0. The van der Waals surface area contributed by atoms with Gasteiger partial charge in [-0.25, -0.2) is 0 Å². The standard InChI is InChI=1S/C22H20O2S/c23-22(24)15-20(18-11-5-2-6-12-18)19-13-7-8-14-21(19)25-16-17-9-3-1-4-10-17/h1-14,20H,15-16H2,(H,23,24). The van der Waals surface area contributed by atoms with Crippen molar-refractivity contribution in [1.82, 2.24) is 0 Å². The monoisotopic (exact) mass is 348 g/mol. The Balaban J connectivity index is 1.90. The van der Waals surface area contributed by atoms with Crippen LogP contribution in [0.5, 0.6) is 0 Å². The third-order valence-electron chi connectivity index (χ3n) is 4.11. The number of carbonyl (C=O) groups is 1. The summed E-state index contributed by atoms with van der Waals surface area (Å²) in [6.45, 7) is 0. The first-order valence-corrected chi connectivity index (χ1v) is 9.25. The van der Waals surface area contributed by atoms with E-state index in [-0.39, 0.29) is 12.3 Å². The molecule has 0 saturated carbocycles. The Morgan fingerprint density at radius 1 is 0.840 bits per heavy atom. The van der Waals surface area contributed by atoms with E-state index < -0.39 is 5.97 Å². The van der Waals surface area contributed by atoms with E-state index in [9.17, 15) is 9.90 Å². The summed E-state index contributed by atoms with van der Waals surface area (Å²) in [5.41, 5.74) is 3.38. The second kappa shape index (κ2) is 8.54. The van der Waals surface area contributed by atoms with Gasteiger partial charge in [0.25, 0.3) is 0 Å². The molecule has 1 atom stereocenters. The molecule has 0 heterocycles. The third-order valence-corrected chi connectivity index (χ3v) is 5.27. The maximum Gasteiger partial charge on any atom is 0.304 e. The molecule has 0 bridgehead atoms. The molecule has 2 nitrogen and oxygen atoms in total. The Morgan fingerprint density at radius 3 is 2.12 bits per heavy atom. The number of rotatable bonds is 7. The second-order valence-electron chi connectivity index (χ2n) is 5.87. The van der Waals surface area contributed by atoms with Crippen LogP contribution < -0.4 is 0 Å². The highest BCUT2D eigenvalue weighted by molar-refractivity contribution is 7.98. The Hall–Kier alpha value is -2.52. The normalized spacial score (nSPS) is 11.8. The van der Waals surface area contributed by atoms with Gasteiger partial charge in [-0.2, -0.15) is 0 Å². The van der Waals surface area contributed by atoms with E-state index >= 15 is 0 Å². The Kier molecular flexibility index (Phi) is 5.91. The van der Waals surface area contributed by atoms with Gasteiger partial charge in [0.2, 0.25) is 0 Å². The lowest BCUT2D eigenvalue weighted by molar-refractivity contribution is -0.137. The first kappa shape index (κ1) is 17.3. The molecular weight excluding hydrogens is 328 g/mol. The average Bonchev–Trinajstić information content (AvgIpc) is 2.66. The molecule has 0 aliphatic heterocycles. The summed E-state index contributed by atoms with van der Waals surface area (Å²) < 4.78 is 0. The molecule has 0 aliphatic carbocycles. The van der Waals surface area contributed by atoms with Crippen LogP contribution in [0.1, 0.15) is 29.0 Å². The quantitative estimate of drug-likeness (QED) is 0.566. The molecule has 3 aromatic rings. The van der Waals surface area contributed by atoms with Crippen LogP contribution in [0.3, 0.4) is 0 Å². The lowest BCUT2D eigenvalue weighted by Crippen LogP contribution is -2.09. The van der Waals surface area contributed by atoms with Crippen molar-refractivity contribution in [3.8, 4) is 0 Å². The van der Waals surface area contributed by atoms with Gasteiger partial charge in [-0.15, -0.1) is 11.8 Å². The van der Waals surface area contributed by atoms with E-state index in [0.29, 0.717) is 0 Å². The summed E-state index contributed by atoms with van der Waals surface area (Å²) in [6.07, 6.45) is 0.0902. The van der Waals surface area contributed by atoms with Crippen LogP contribution in [0, 0.1) is 0 Å². The zero-order chi connectivity index (χ0) is 17.5. The fourth-order valence-corrected chi connectivity index (χ4v) is 3.97. The summed E-state index contributed by atoms with van der Waals surface area (Å²) >= 11 is 1.76. The molecule has 126 valence electrons. The summed E-state index contributed by atoms with van der Waals surface area (Å²) in [6, 6.07) is 28.3. The predicted octanol–water partition coefficient (Wildman–Crippen LogP) is 5.59. The van der Waals surface area contributed by atoms with Crippen molar-refractivity contribution in [2.75, 3.05) is 0 Å². The van der Waals surface area contributed by atoms with Gasteiger partial charge >= 0.3 is 5.97 Å². The van der Waals surface area contributed by atoms with Gasteiger partial charge in [0.15, 0.2) is 0 Å². The van der Waals surface area contributed by atoms with Crippen LogP contribution in [0.25, 0.3) is 0 Å². The average molecular weight is 348 g/mol. The molecule has 0 fully saturated rings. The largest absolute Gasteiger partial charge is 0.481 e. The van der Waals surface area contributed by atoms with Gasteiger partial charge in [-0.1, -0.05) is 78.9 Å². The Labute approximate surface area is 152 Å². The highest BCUT2D eigenvalue weighted by Gasteiger charge is 2.20. The fraction of sp³-hybridized carbons (Fsp3) is 0.136. The Morgan fingerprint density at radius 2 is 1.44 bits per heavy atom. The Bertz CT molecular complexity index is 816. The van der Waals surface area contributed by atoms with Crippen LogP contribution in [0.15, 0.2) is 89.8 Å². The summed E-state index contributed by atoms with van der Waals surface area (Å²) in [5, 5.41) is 9.40. The maximum absolute atomic E-state index is 11.4. The van der Waals surface area contributed by atoms with E-state index in [0.717, 1.165) is 21.8 Å². The molecule has 0 aromatic heterocycles. The van der Waals surface area contributed by atoms with Crippen molar-refractivity contribution in [1.29, 1.82) is 0 Å². The lowest BCUT2D eigenvalue weighted by Gasteiger charge is -2.19. The first-order valence-electron chi connectivity index (χ1n) is 8.26. The molecule has 1 unspecified atom stereocenters. The first-order chi connectivity index (χ1) is 12.2. The van der Waals surface area contributed by atoms with Gasteiger partial charge in [-0.05, 0) is 22.8 Å². The van der Waals surface area contributed by atoms with Crippen LogP contribution in [-0.4, -0.2) is 11.1 Å². The van der Waals surface area contributed by atoms with Gasteiger partial charge in [0.1, 0.15) is 0 Å². The van der Waals surface area contributed by atoms with E-state index in [2.05, 4.69) is 18.2 Å². The minimum Gasteiger partial charge on any atom is -0.481 e. The number of carboxylic acid groups (broad SMARTS) is 1. The predicted molar refractivity (Wildman–Crippen MR) is 103 cm³/mol. The van der Waals surface area contributed by atoms with Gasteiger partial charge in [0, 0.05) is 16.6 Å². The minimum absolute atomic E-state index is 0.0902. The molecule has 0 amide bonds. The van der Waals surface area contributed by atoms with Crippen molar-refractivity contribution in [3.63, 3.8) is 0 Å². The van der Waals surface area contributed by atoms with Crippen LogP contribution >= 0.6 is 11.8 Å². The van der Waals surface area contributed by atoms with Crippen molar-refractivity contribution in [2.24, 2.45) is 0 Å². The lowest BCUT2D eigenvalue weighted by atomic mass is 9.88. The van der Waals surface area contributed by atoms with Crippen molar-refractivity contribution < 1.29 is 9.90 Å². The van der Waals surface area contributed by atoms with Gasteiger partial charge in [0.05, 0.1) is 6.42 Å². The van der Waals surface area contributed by atoms with E-state index in [1.54, 1.807) is 11.8 Å². The second-order valence-corrected chi connectivity index (χ2v) is 6.89. The molecule has 0 radical (unpaired) electrons. The highest BCUT2D eigenvalue weighted by atomic mass is 32.2. The minimum atomic E-state index is -0.781. The number of carboxylic acids is 1. The fourth-order valence-electron chi connectivity index (χ4n) is 2.90. The molecule has 25 heavy (non-hydrogen) atoms. The van der Waals surface area contributed by atoms with E-state index in [1.165, 1.54) is 5.56 Å². The number of hydrogen-bond acceptors (Lipinski definition) is 2. The highest BCUT2D eigenvalue weighted by Crippen LogP contribution is 2.36. The SMILES string of the molecule is O=C(O)CC(c1ccccc1)c1ccccc1SCc1ccccc1. The van der Waals surface area contributed by atoms with Crippen LogP contribution in [-0.2, 0) is 10.5 Å². The van der Waals surface area contributed by atoms with Crippen molar-refractivity contribution >= 4 is 17.7 Å². The molecule has 3 rings (SSSR count). The van der Waals surface area contributed by atoms with Crippen molar-refractivity contribution in [2.45, 2.75) is 23.0 Å². The number of thioether (sulfide) groups is 1. The maximum atomic E-state index is 11.4. The number of benzene rings is 3. The molecule has 0 saturated heterocycles. The molecule has 3 aromatic carbocycles. The third kappa shape index (κ3) is 4.74. The summed E-state index contributed by atoms with van der Waals surface area (Å²) in [4.78, 5) is 12.6.